The number of rotatable bonds is 8. The van der Waals surface area contributed by atoms with Gasteiger partial charge in [0.15, 0.2) is 0 Å². The number of aromatic nitrogens is 3. The molecule has 0 fully saturated rings. The Morgan fingerprint density at radius 1 is 0.973 bits per heavy atom. The lowest BCUT2D eigenvalue weighted by Gasteiger charge is -2.11. The molecule has 0 radical (unpaired) electrons. The van der Waals surface area contributed by atoms with Gasteiger partial charge in [-0.05, 0) is 61.7 Å². The summed E-state index contributed by atoms with van der Waals surface area (Å²) in [7, 11) is 1.80. The number of hydrogen-bond acceptors (Lipinski definition) is 6. The molecule has 2 heterocycles. The van der Waals surface area contributed by atoms with Crippen LogP contribution in [0.25, 0.3) is 0 Å². The van der Waals surface area contributed by atoms with Gasteiger partial charge in [-0.25, -0.2) is 9.67 Å². The van der Waals surface area contributed by atoms with Crippen LogP contribution in [-0.4, -0.2) is 21.0 Å². The summed E-state index contributed by atoms with van der Waals surface area (Å²) in [6, 6.07) is 14.8. The van der Waals surface area contributed by atoms with Crippen molar-refractivity contribution in [3.8, 4) is 23.3 Å². The summed E-state index contributed by atoms with van der Waals surface area (Å²) in [5.74, 6) is 1.79. The third kappa shape index (κ3) is 6.27. The zero-order valence-corrected chi connectivity index (χ0v) is 20.7. The lowest BCUT2D eigenvalue weighted by molar-refractivity contribution is -0.137. The summed E-state index contributed by atoms with van der Waals surface area (Å²) in [6.07, 6.45) is -2.14. The number of nitrogens with zero attached hydrogens (tertiary/aromatic N) is 4. The first-order chi connectivity index (χ1) is 17.6. The van der Waals surface area contributed by atoms with Crippen molar-refractivity contribution in [3.05, 3.63) is 94.3 Å². The molecule has 0 unspecified atom stereocenters. The van der Waals surface area contributed by atoms with E-state index in [2.05, 4.69) is 15.2 Å². The standard InChI is InChI=1S/C27H25F3N4O3/c1-17-6-5-7-24(18(17)2)37-26-23(19(3)33-34(26)4)15-32-35-16-20-8-11-22(12-9-20)36-25-13-10-21(14-31-25)27(28,29)30/h5-15H,16H2,1-4H3/b32-15+. The summed E-state index contributed by atoms with van der Waals surface area (Å²) in [6.45, 7) is 6.08. The molecule has 0 N–H and O–H groups in total. The summed E-state index contributed by atoms with van der Waals surface area (Å²) in [5.41, 5.74) is 3.60. The average Bonchev–Trinajstić information content (AvgIpc) is 3.12. The molecular formula is C27H25F3N4O3. The Morgan fingerprint density at radius 2 is 1.73 bits per heavy atom. The molecular weight excluding hydrogens is 485 g/mol. The molecule has 192 valence electrons. The third-order valence-electron chi connectivity index (χ3n) is 5.67. The summed E-state index contributed by atoms with van der Waals surface area (Å²) >= 11 is 0. The van der Waals surface area contributed by atoms with Crippen LogP contribution in [0.15, 0.2) is 65.9 Å². The van der Waals surface area contributed by atoms with Gasteiger partial charge >= 0.3 is 6.18 Å². The topological polar surface area (TPSA) is 70.8 Å². The van der Waals surface area contributed by atoms with Gasteiger partial charge in [-0.2, -0.15) is 18.3 Å². The second kappa shape index (κ2) is 10.7. The number of hydrogen-bond donors (Lipinski definition) is 0. The third-order valence-corrected chi connectivity index (χ3v) is 5.67. The van der Waals surface area contributed by atoms with Gasteiger partial charge < -0.3 is 14.3 Å². The van der Waals surface area contributed by atoms with Gasteiger partial charge in [0, 0.05) is 19.3 Å². The van der Waals surface area contributed by atoms with E-state index in [1.54, 1.807) is 42.2 Å². The van der Waals surface area contributed by atoms with Crippen molar-refractivity contribution in [2.24, 2.45) is 12.2 Å². The predicted octanol–water partition coefficient (Wildman–Crippen LogP) is 6.89. The Bertz CT molecular complexity index is 1400. The van der Waals surface area contributed by atoms with E-state index < -0.39 is 11.7 Å². The highest BCUT2D eigenvalue weighted by atomic mass is 19.4. The maximum atomic E-state index is 12.7. The highest BCUT2D eigenvalue weighted by molar-refractivity contribution is 5.84. The lowest BCUT2D eigenvalue weighted by atomic mass is 10.1. The predicted molar refractivity (Wildman–Crippen MR) is 132 cm³/mol. The molecule has 0 aliphatic carbocycles. The first-order valence-corrected chi connectivity index (χ1v) is 11.3. The van der Waals surface area contributed by atoms with Gasteiger partial charge in [-0.1, -0.05) is 29.4 Å². The van der Waals surface area contributed by atoms with E-state index in [-0.39, 0.29) is 12.5 Å². The minimum atomic E-state index is -4.44. The zero-order valence-electron chi connectivity index (χ0n) is 20.7. The number of aryl methyl sites for hydroxylation is 3. The van der Waals surface area contributed by atoms with E-state index in [0.29, 0.717) is 17.2 Å². The smallest absolute Gasteiger partial charge is 0.417 e. The van der Waals surface area contributed by atoms with Crippen molar-refractivity contribution in [1.82, 2.24) is 14.8 Å². The van der Waals surface area contributed by atoms with Crippen molar-refractivity contribution in [2.45, 2.75) is 33.6 Å². The maximum Gasteiger partial charge on any atom is 0.417 e. The van der Waals surface area contributed by atoms with Gasteiger partial charge in [-0.3, -0.25) is 0 Å². The lowest BCUT2D eigenvalue weighted by Crippen LogP contribution is -2.05. The van der Waals surface area contributed by atoms with Crippen LogP contribution < -0.4 is 9.47 Å². The first-order valence-electron chi connectivity index (χ1n) is 11.3. The molecule has 10 heteroatoms. The van der Waals surface area contributed by atoms with Crippen LogP contribution in [0, 0.1) is 20.8 Å². The largest absolute Gasteiger partial charge is 0.439 e. The Balaban J connectivity index is 1.36. The van der Waals surface area contributed by atoms with Crippen LogP contribution in [0.2, 0.25) is 0 Å². The molecule has 0 atom stereocenters. The van der Waals surface area contributed by atoms with E-state index in [1.165, 1.54) is 6.07 Å². The Kier molecular flexibility index (Phi) is 7.47. The van der Waals surface area contributed by atoms with Crippen LogP contribution in [0.5, 0.6) is 23.3 Å². The molecule has 0 aliphatic heterocycles. The van der Waals surface area contributed by atoms with Gasteiger partial charge in [-0.15, -0.1) is 0 Å². The molecule has 2 aromatic heterocycles. The molecule has 4 aromatic rings. The fourth-order valence-corrected chi connectivity index (χ4v) is 3.45. The number of oxime groups is 1. The SMILES string of the molecule is Cc1cccc(Oc2c(/C=N/OCc3ccc(Oc4ccc(C(F)(F)F)cn4)cc3)c(C)nn2C)c1C. The molecule has 0 aliphatic rings. The summed E-state index contributed by atoms with van der Waals surface area (Å²) in [5, 5.41) is 8.51. The van der Waals surface area contributed by atoms with Gasteiger partial charge in [0.25, 0.3) is 0 Å². The minimum absolute atomic E-state index is 0.0623. The van der Waals surface area contributed by atoms with Crippen LogP contribution in [0.3, 0.4) is 0 Å². The number of ether oxygens (including phenoxy) is 2. The summed E-state index contributed by atoms with van der Waals surface area (Å²) in [4.78, 5) is 9.16. The van der Waals surface area contributed by atoms with Gasteiger partial charge in [0.05, 0.1) is 23.0 Å². The fraction of sp³-hybridized carbons (Fsp3) is 0.222. The molecule has 37 heavy (non-hydrogen) atoms. The van der Waals surface area contributed by atoms with E-state index in [1.807, 2.05) is 39.0 Å². The fourth-order valence-electron chi connectivity index (χ4n) is 3.45. The van der Waals surface area contributed by atoms with E-state index in [9.17, 15) is 13.2 Å². The van der Waals surface area contributed by atoms with Gasteiger partial charge in [0.2, 0.25) is 11.8 Å². The van der Waals surface area contributed by atoms with Crippen LogP contribution in [-0.2, 0) is 24.7 Å². The first kappa shape index (κ1) is 25.7. The number of alkyl halides is 3. The molecule has 0 saturated carbocycles. The number of halogens is 3. The van der Waals surface area contributed by atoms with Crippen LogP contribution in [0.4, 0.5) is 13.2 Å². The van der Waals surface area contributed by atoms with Crippen molar-refractivity contribution in [3.63, 3.8) is 0 Å². The normalized spacial score (nSPS) is 11.6. The monoisotopic (exact) mass is 510 g/mol. The van der Waals surface area contributed by atoms with E-state index in [4.69, 9.17) is 14.3 Å². The quantitative estimate of drug-likeness (QED) is 0.191. The van der Waals surface area contributed by atoms with Crippen LogP contribution >= 0.6 is 0 Å². The zero-order chi connectivity index (χ0) is 26.6. The second-order valence-corrected chi connectivity index (χ2v) is 8.36. The highest BCUT2D eigenvalue weighted by Gasteiger charge is 2.30. The number of pyridine rings is 1. The van der Waals surface area contributed by atoms with Crippen molar-refractivity contribution >= 4 is 6.21 Å². The molecule has 7 nitrogen and oxygen atoms in total. The molecule has 0 spiro atoms. The highest BCUT2D eigenvalue weighted by Crippen LogP contribution is 2.31. The van der Waals surface area contributed by atoms with Crippen molar-refractivity contribution in [1.29, 1.82) is 0 Å². The molecule has 0 amide bonds. The van der Waals surface area contributed by atoms with E-state index >= 15 is 0 Å². The average molecular weight is 511 g/mol. The maximum absolute atomic E-state index is 12.7. The Hall–Kier alpha value is -4.34. The molecule has 2 aromatic carbocycles. The second-order valence-electron chi connectivity index (χ2n) is 8.36. The minimum Gasteiger partial charge on any atom is -0.439 e. The molecule has 4 rings (SSSR count). The Morgan fingerprint density at radius 3 is 2.41 bits per heavy atom. The number of benzene rings is 2. The van der Waals surface area contributed by atoms with Gasteiger partial charge in [0.1, 0.15) is 18.1 Å². The van der Waals surface area contributed by atoms with Crippen molar-refractivity contribution in [2.75, 3.05) is 0 Å². The van der Waals surface area contributed by atoms with Crippen LogP contribution in [0.1, 0.15) is 33.5 Å². The van der Waals surface area contributed by atoms with Crippen molar-refractivity contribution < 1.29 is 27.5 Å². The molecule has 0 saturated heterocycles. The summed E-state index contributed by atoms with van der Waals surface area (Å²) < 4.78 is 51.3. The van der Waals surface area contributed by atoms with E-state index in [0.717, 1.165) is 40.4 Å². The molecule has 0 bridgehead atoms. The Labute approximate surface area is 212 Å².